The molecular weight excluding hydrogens is 254 g/mol. The van der Waals surface area contributed by atoms with Crippen LogP contribution in [0.3, 0.4) is 0 Å². The molecule has 0 aromatic carbocycles. The zero-order valence-corrected chi connectivity index (χ0v) is 13.3. The molecule has 0 bridgehead atoms. The minimum absolute atomic E-state index is 0.0507. The molecule has 2 fully saturated rings. The molecule has 114 valence electrons. The third-order valence-electron chi connectivity index (χ3n) is 5.39. The van der Waals surface area contributed by atoms with Crippen LogP contribution in [0, 0.1) is 28.6 Å². The summed E-state index contributed by atoms with van der Waals surface area (Å²) < 4.78 is 0. The van der Waals surface area contributed by atoms with Crippen molar-refractivity contribution in [2.45, 2.75) is 47.5 Å². The lowest BCUT2D eigenvalue weighted by atomic mass is 9.75. The van der Waals surface area contributed by atoms with E-state index in [9.17, 15) is 14.7 Å². The standard InChI is InChI=1S/C16H27NO3/c1-15(2,3)10-6-8-17(9-7-10)13(18)11-12(14(19)20)16(11,4)5/h10-12H,6-9H2,1-5H3,(H,19,20). The topological polar surface area (TPSA) is 57.6 Å². The number of piperidine rings is 1. The maximum absolute atomic E-state index is 12.5. The average Bonchev–Trinajstić information content (AvgIpc) is 2.90. The zero-order chi connectivity index (χ0) is 15.3. The molecule has 1 saturated carbocycles. The highest BCUT2D eigenvalue weighted by atomic mass is 16.4. The van der Waals surface area contributed by atoms with E-state index in [0.29, 0.717) is 5.92 Å². The van der Waals surface area contributed by atoms with Gasteiger partial charge < -0.3 is 10.0 Å². The Labute approximate surface area is 121 Å². The fraction of sp³-hybridized carbons (Fsp3) is 0.875. The van der Waals surface area contributed by atoms with E-state index < -0.39 is 11.9 Å². The number of hydrogen-bond donors (Lipinski definition) is 1. The SMILES string of the molecule is CC(C)(C)C1CCN(C(=O)C2C(C(=O)O)C2(C)C)CC1. The Kier molecular flexibility index (Phi) is 3.64. The van der Waals surface area contributed by atoms with Crippen molar-refractivity contribution < 1.29 is 14.7 Å². The van der Waals surface area contributed by atoms with E-state index in [4.69, 9.17) is 0 Å². The third kappa shape index (κ3) is 2.57. The Bertz CT molecular complexity index is 414. The van der Waals surface area contributed by atoms with Crippen molar-refractivity contribution >= 4 is 11.9 Å². The van der Waals surface area contributed by atoms with Gasteiger partial charge in [0.25, 0.3) is 0 Å². The number of carboxylic acids is 1. The fourth-order valence-corrected chi connectivity index (χ4v) is 3.72. The number of nitrogens with zero attached hydrogens (tertiary/aromatic N) is 1. The highest BCUT2D eigenvalue weighted by Gasteiger charge is 2.66. The lowest BCUT2D eigenvalue weighted by molar-refractivity contribution is -0.142. The van der Waals surface area contributed by atoms with E-state index in [1.165, 1.54) is 0 Å². The molecule has 0 spiro atoms. The van der Waals surface area contributed by atoms with Gasteiger partial charge in [0, 0.05) is 13.1 Å². The Morgan fingerprint density at radius 3 is 1.95 bits per heavy atom. The summed E-state index contributed by atoms with van der Waals surface area (Å²) in [6.07, 6.45) is 2.06. The van der Waals surface area contributed by atoms with Crippen molar-refractivity contribution in [3.63, 3.8) is 0 Å². The summed E-state index contributed by atoms with van der Waals surface area (Å²) in [5.74, 6) is -0.969. The van der Waals surface area contributed by atoms with Crippen LogP contribution >= 0.6 is 0 Å². The number of hydrogen-bond acceptors (Lipinski definition) is 2. The van der Waals surface area contributed by atoms with Crippen LogP contribution in [0.4, 0.5) is 0 Å². The van der Waals surface area contributed by atoms with Gasteiger partial charge in [-0.05, 0) is 29.6 Å². The normalized spacial score (nSPS) is 30.1. The van der Waals surface area contributed by atoms with Crippen LogP contribution in [0.2, 0.25) is 0 Å². The van der Waals surface area contributed by atoms with Crippen molar-refractivity contribution in [1.82, 2.24) is 4.90 Å². The molecule has 0 aromatic heterocycles. The lowest BCUT2D eigenvalue weighted by Crippen LogP contribution is -2.42. The Morgan fingerprint density at radius 1 is 1.10 bits per heavy atom. The summed E-state index contributed by atoms with van der Waals surface area (Å²) in [5.41, 5.74) is -0.0959. The minimum atomic E-state index is -0.835. The average molecular weight is 281 g/mol. The van der Waals surface area contributed by atoms with Gasteiger partial charge in [0.05, 0.1) is 11.8 Å². The second-order valence-electron chi connectivity index (χ2n) is 8.08. The number of carboxylic acid groups (broad SMARTS) is 1. The van der Waals surface area contributed by atoms with Gasteiger partial charge in [0.15, 0.2) is 0 Å². The molecule has 1 saturated heterocycles. The predicted molar refractivity (Wildman–Crippen MR) is 77.2 cm³/mol. The van der Waals surface area contributed by atoms with Crippen LogP contribution in [0.5, 0.6) is 0 Å². The molecule has 1 N–H and O–H groups in total. The van der Waals surface area contributed by atoms with Crippen LogP contribution in [-0.4, -0.2) is 35.0 Å². The zero-order valence-electron chi connectivity index (χ0n) is 13.3. The van der Waals surface area contributed by atoms with Gasteiger partial charge in [-0.1, -0.05) is 34.6 Å². The number of likely N-dealkylation sites (tertiary alicyclic amines) is 1. The second-order valence-corrected chi connectivity index (χ2v) is 8.08. The van der Waals surface area contributed by atoms with Gasteiger partial charge in [0.1, 0.15) is 0 Å². The van der Waals surface area contributed by atoms with Crippen molar-refractivity contribution in [2.24, 2.45) is 28.6 Å². The largest absolute Gasteiger partial charge is 0.481 e. The first kappa shape index (κ1) is 15.3. The van der Waals surface area contributed by atoms with Gasteiger partial charge in [-0.25, -0.2) is 0 Å². The van der Waals surface area contributed by atoms with Crippen LogP contribution in [0.15, 0.2) is 0 Å². The molecule has 2 rings (SSSR count). The number of amides is 1. The summed E-state index contributed by atoms with van der Waals surface area (Å²) >= 11 is 0. The number of carbonyl (C=O) groups is 2. The van der Waals surface area contributed by atoms with Crippen molar-refractivity contribution in [1.29, 1.82) is 0 Å². The summed E-state index contributed by atoms with van der Waals surface area (Å²) in [4.78, 5) is 25.6. The summed E-state index contributed by atoms with van der Waals surface area (Å²) in [7, 11) is 0. The summed E-state index contributed by atoms with van der Waals surface area (Å²) in [6, 6.07) is 0. The Morgan fingerprint density at radius 2 is 1.60 bits per heavy atom. The first-order valence-electron chi connectivity index (χ1n) is 7.58. The smallest absolute Gasteiger partial charge is 0.307 e. The highest BCUT2D eigenvalue weighted by molar-refractivity contribution is 5.91. The van der Waals surface area contributed by atoms with E-state index in [2.05, 4.69) is 20.8 Å². The van der Waals surface area contributed by atoms with Gasteiger partial charge >= 0.3 is 5.97 Å². The van der Waals surface area contributed by atoms with E-state index in [1.807, 2.05) is 18.7 Å². The van der Waals surface area contributed by atoms with Crippen molar-refractivity contribution in [3.8, 4) is 0 Å². The summed E-state index contributed by atoms with van der Waals surface area (Å²) in [5, 5.41) is 9.18. The van der Waals surface area contributed by atoms with E-state index in [0.717, 1.165) is 25.9 Å². The van der Waals surface area contributed by atoms with E-state index in [1.54, 1.807) is 0 Å². The maximum Gasteiger partial charge on any atom is 0.307 e. The lowest BCUT2D eigenvalue weighted by Gasteiger charge is -2.39. The Hall–Kier alpha value is -1.06. The van der Waals surface area contributed by atoms with Crippen LogP contribution in [0.25, 0.3) is 0 Å². The second kappa shape index (κ2) is 4.74. The first-order valence-corrected chi connectivity index (χ1v) is 7.58. The summed E-state index contributed by atoms with van der Waals surface area (Å²) in [6.45, 7) is 12.1. The third-order valence-corrected chi connectivity index (χ3v) is 5.39. The molecule has 0 radical (unpaired) electrons. The predicted octanol–water partition coefficient (Wildman–Crippen LogP) is 2.63. The molecular formula is C16H27NO3. The molecule has 1 amide bonds. The van der Waals surface area contributed by atoms with Crippen LogP contribution in [-0.2, 0) is 9.59 Å². The van der Waals surface area contributed by atoms with Crippen LogP contribution < -0.4 is 0 Å². The van der Waals surface area contributed by atoms with Crippen molar-refractivity contribution in [3.05, 3.63) is 0 Å². The fourth-order valence-electron chi connectivity index (χ4n) is 3.72. The number of aliphatic carboxylic acids is 1. The van der Waals surface area contributed by atoms with Gasteiger partial charge in [-0.3, -0.25) is 9.59 Å². The van der Waals surface area contributed by atoms with E-state index in [-0.39, 0.29) is 22.7 Å². The molecule has 1 aliphatic carbocycles. The molecule has 1 aliphatic heterocycles. The molecule has 2 aliphatic rings. The Balaban J connectivity index is 1.95. The molecule has 4 nitrogen and oxygen atoms in total. The monoisotopic (exact) mass is 281 g/mol. The van der Waals surface area contributed by atoms with Crippen molar-refractivity contribution in [2.75, 3.05) is 13.1 Å². The molecule has 0 aromatic rings. The first-order chi connectivity index (χ1) is 9.06. The van der Waals surface area contributed by atoms with Gasteiger partial charge in [-0.2, -0.15) is 0 Å². The molecule has 1 heterocycles. The quantitative estimate of drug-likeness (QED) is 0.846. The highest BCUT2D eigenvalue weighted by Crippen LogP contribution is 2.59. The molecule has 2 atom stereocenters. The number of carbonyl (C=O) groups excluding carboxylic acids is 1. The molecule has 20 heavy (non-hydrogen) atoms. The van der Waals surface area contributed by atoms with Gasteiger partial charge in [-0.15, -0.1) is 0 Å². The maximum atomic E-state index is 12.5. The minimum Gasteiger partial charge on any atom is -0.481 e. The van der Waals surface area contributed by atoms with Crippen LogP contribution in [0.1, 0.15) is 47.5 Å². The van der Waals surface area contributed by atoms with Gasteiger partial charge in [0.2, 0.25) is 5.91 Å². The molecule has 4 heteroatoms. The molecule has 2 unspecified atom stereocenters. The van der Waals surface area contributed by atoms with E-state index >= 15 is 0 Å². The number of rotatable bonds is 2.